The number of carbonyl (C=O) groups is 1. The number of nitrogens with one attached hydrogen (secondary N) is 1. The Bertz CT molecular complexity index is 1010. The maximum Gasteiger partial charge on any atom is 0.276 e. The molecule has 26 heavy (non-hydrogen) atoms. The number of anilines is 1. The average molecular weight is 357 g/mol. The number of aromatic nitrogens is 2. The normalized spacial score (nSPS) is 12.9. The molecule has 1 aliphatic rings. The van der Waals surface area contributed by atoms with Gasteiger partial charge < -0.3 is 5.32 Å². The highest BCUT2D eigenvalue weighted by atomic mass is 19.2. The van der Waals surface area contributed by atoms with Crippen LogP contribution in [0.2, 0.25) is 0 Å². The van der Waals surface area contributed by atoms with E-state index in [1.54, 1.807) is 6.07 Å². The molecule has 0 saturated heterocycles. The van der Waals surface area contributed by atoms with Crippen molar-refractivity contribution in [2.75, 3.05) is 5.32 Å². The molecule has 132 valence electrons. The Balaban J connectivity index is 1.71. The number of rotatable bonds is 3. The van der Waals surface area contributed by atoms with E-state index in [9.17, 15) is 18.0 Å². The quantitative estimate of drug-likeness (QED) is 0.769. The van der Waals surface area contributed by atoms with E-state index in [0.29, 0.717) is 24.2 Å². The minimum atomic E-state index is -0.976. The van der Waals surface area contributed by atoms with Gasteiger partial charge in [0.2, 0.25) is 0 Å². The molecule has 0 atom stereocenters. The first-order valence-corrected chi connectivity index (χ1v) is 8.16. The molecule has 0 spiro atoms. The molecule has 7 heteroatoms. The number of hydrogen-bond acceptors (Lipinski definition) is 2. The molecule has 1 aromatic heterocycles. The van der Waals surface area contributed by atoms with Crippen LogP contribution in [0.15, 0.2) is 42.5 Å². The summed E-state index contributed by atoms with van der Waals surface area (Å²) in [7, 11) is 0. The smallest absolute Gasteiger partial charge is 0.276 e. The summed E-state index contributed by atoms with van der Waals surface area (Å²) in [6.07, 6.45) is 2.20. The maximum atomic E-state index is 13.6. The second kappa shape index (κ2) is 6.33. The van der Waals surface area contributed by atoms with Crippen LogP contribution in [0, 0.1) is 17.5 Å². The first-order valence-electron chi connectivity index (χ1n) is 8.16. The van der Waals surface area contributed by atoms with Crippen molar-refractivity contribution in [3.63, 3.8) is 0 Å². The van der Waals surface area contributed by atoms with E-state index >= 15 is 0 Å². The Hall–Kier alpha value is -3.09. The molecule has 3 aromatic rings. The third kappa shape index (κ3) is 2.85. The molecule has 2 aromatic carbocycles. The fraction of sp³-hybridized carbons (Fsp3) is 0.158. The van der Waals surface area contributed by atoms with Gasteiger partial charge in [0.25, 0.3) is 5.91 Å². The Labute approximate surface area is 147 Å². The Morgan fingerprint density at radius 2 is 1.88 bits per heavy atom. The SMILES string of the molecule is O=C(Nc1cccc(F)c1)c1nn(-c2ccc(F)c(F)c2)c2c1CCC2. The van der Waals surface area contributed by atoms with Gasteiger partial charge in [-0.3, -0.25) is 4.79 Å². The van der Waals surface area contributed by atoms with Crippen molar-refractivity contribution in [3.05, 3.63) is 76.9 Å². The second-order valence-corrected chi connectivity index (χ2v) is 6.10. The van der Waals surface area contributed by atoms with Crippen LogP contribution in [0.4, 0.5) is 18.9 Å². The second-order valence-electron chi connectivity index (χ2n) is 6.10. The number of amides is 1. The van der Waals surface area contributed by atoms with Gasteiger partial charge in [-0.1, -0.05) is 6.07 Å². The number of nitrogens with zero attached hydrogens (tertiary/aromatic N) is 2. The van der Waals surface area contributed by atoms with Crippen LogP contribution in [0.25, 0.3) is 5.69 Å². The highest BCUT2D eigenvalue weighted by molar-refractivity contribution is 6.04. The van der Waals surface area contributed by atoms with Gasteiger partial charge in [0.05, 0.1) is 5.69 Å². The molecule has 0 unspecified atom stereocenters. The number of fused-ring (bicyclic) bond motifs is 1. The van der Waals surface area contributed by atoms with Crippen LogP contribution in [0.1, 0.15) is 28.2 Å². The van der Waals surface area contributed by atoms with Crippen LogP contribution in [0.3, 0.4) is 0 Å². The Morgan fingerprint density at radius 1 is 1.04 bits per heavy atom. The zero-order valence-electron chi connectivity index (χ0n) is 13.6. The molecule has 0 saturated carbocycles. The summed E-state index contributed by atoms with van der Waals surface area (Å²) in [5, 5.41) is 6.94. The van der Waals surface area contributed by atoms with Gasteiger partial charge in [-0.15, -0.1) is 0 Å². The van der Waals surface area contributed by atoms with Crippen molar-refractivity contribution in [2.45, 2.75) is 19.3 Å². The molecule has 1 N–H and O–H groups in total. The van der Waals surface area contributed by atoms with Gasteiger partial charge in [0, 0.05) is 23.0 Å². The van der Waals surface area contributed by atoms with Crippen molar-refractivity contribution >= 4 is 11.6 Å². The molecule has 0 radical (unpaired) electrons. The van der Waals surface area contributed by atoms with Crippen molar-refractivity contribution in [2.24, 2.45) is 0 Å². The van der Waals surface area contributed by atoms with E-state index in [1.807, 2.05) is 0 Å². The molecule has 0 fully saturated rings. The predicted octanol–water partition coefficient (Wildman–Crippen LogP) is 4.03. The van der Waals surface area contributed by atoms with Crippen molar-refractivity contribution in [3.8, 4) is 5.69 Å². The van der Waals surface area contributed by atoms with Crippen LogP contribution in [-0.4, -0.2) is 15.7 Å². The van der Waals surface area contributed by atoms with Gasteiger partial charge in [0.15, 0.2) is 17.3 Å². The first kappa shape index (κ1) is 16.4. The molecule has 1 amide bonds. The topological polar surface area (TPSA) is 46.9 Å². The lowest BCUT2D eigenvalue weighted by Gasteiger charge is -2.06. The number of carbonyl (C=O) groups excluding carboxylic acids is 1. The average Bonchev–Trinajstić information content (AvgIpc) is 3.20. The van der Waals surface area contributed by atoms with E-state index in [0.717, 1.165) is 29.8 Å². The highest BCUT2D eigenvalue weighted by Crippen LogP contribution is 2.29. The Morgan fingerprint density at radius 3 is 2.65 bits per heavy atom. The van der Waals surface area contributed by atoms with Crippen molar-refractivity contribution in [1.29, 1.82) is 0 Å². The number of hydrogen-bond donors (Lipinski definition) is 1. The minimum Gasteiger partial charge on any atom is -0.320 e. The summed E-state index contributed by atoms with van der Waals surface area (Å²) in [4.78, 5) is 12.6. The fourth-order valence-corrected chi connectivity index (χ4v) is 3.21. The van der Waals surface area contributed by atoms with Crippen molar-refractivity contribution < 1.29 is 18.0 Å². The van der Waals surface area contributed by atoms with Gasteiger partial charge in [-0.2, -0.15) is 5.10 Å². The van der Waals surface area contributed by atoms with E-state index in [1.165, 1.54) is 28.9 Å². The lowest BCUT2D eigenvalue weighted by atomic mass is 10.2. The van der Waals surface area contributed by atoms with Crippen LogP contribution in [0.5, 0.6) is 0 Å². The summed E-state index contributed by atoms with van der Waals surface area (Å²) in [6.45, 7) is 0. The number of benzene rings is 2. The molecule has 0 aliphatic heterocycles. The molecule has 1 heterocycles. The number of halogens is 3. The Kier molecular flexibility index (Phi) is 3.99. The largest absolute Gasteiger partial charge is 0.320 e. The monoisotopic (exact) mass is 357 g/mol. The third-order valence-corrected chi connectivity index (χ3v) is 4.38. The maximum absolute atomic E-state index is 13.6. The summed E-state index contributed by atoms with van der Waals surface area (Å²) in [5.41, 5.74) is 2.48. The standard InChI is InChI=1S/C19H14F3N3O/c20-11-3-1-4-12(9-11)23-19(26)18-14-5-2-6-17(14)25(24-18)13-7-8-15(21)16(22)10-13/h1,3-4,7-10H,2,5-6H2,(H,23,26). The van der Waals surface area contributed by atoms with Gasteiger partial charge >= 0.3 is 0 Å². The lowest BCUT2D eigenvalue weighted by molar-refractivity contribution is 0.102. The fourth-order valence-electron chi connectivity index (χ4n) is 3.21. The molecule has 0 bridgehead atoms. The molecular weight excluding hydrogens is 343 g/mol. The van der Waals surface area contributed by atoms with Crippen LogP contribution in [-0.2, 0) is 12.8 Å². The minimum absolute atomic E-state index is 0.214. The summed E-state index contributed by atoms with van der Waals surface area (Å²) < 4.78 is 41.5. The molecule has 4 rings (SSSR count). The van der Waals surface area contributed by atoms with Gasteiger partial charge in [0.1, 0.15) is 5.82 Å². The van der Waals surface area contributed by atoms with Gasteiger partial charge in [-0.25, -0.2) is 17.9 Å². The summed E-state index contributed by atoms with van der Waals surface area (Å²) in [6, 6.07) is 9.06. The van der Waals surface area contributed by atoms with Crippen LogP contribution >= 0.6 is 0 Å². The zero-order chi connectivity index (χ0) is 18.3. The highest BCUT2D eigenvalue weighted by Gasteiger charge is 2.27. The van der Waals surface area contributed by atoms with E-state index < -0.39 is 23.4 Å². The molecule has 4 nitrogen and oxygen atoms in total. The molecule has 1 aliphatic carbocycles. The van der Waals surface area contributed by atoms with Crippen LogP contribution < -0.4 is 5.32 Å². The van der Waals surface area contributed by atoms with Crippen molar-refractivity contribution in [1.82, 2.24) is 9.78 Å². The van der Waals surface area contributed by atoms with E-state index in [-0.39, 0.29) is 5.69 Å². The van der Waals surface area contributed by atoms with E-state index in [4.69, 9.17) is 0 Å². The first-order chi connectivity index (χ1) is 12.5. The summed E-state index contributed by atoms with van der Waals surface area (Å²) >= 11 is 0. The lowest BCUT2D eigenvalue weighted by Crippen LogP contribution is -2.15. The third-order valence-electron chi connectivity index (χ3n) is 4.38. The molecular formula is C19H14F3N3O. The van der Waals surface area contributed by atoms with Gasteiger partial charge in [-0.05, 0) is 49.6 Å². The summed E-state index contributed by atoms with van der Waals surface area (Å²) in [5.74, 6) is -2.84. The van der Waals surface area contributed by atoms with E-state index in [2.05, 4.69) is 10.4 Å². The predicted molar refractivity (Wildman–Crippen MR) is 89.9 cm³/mol. The zero-order valence-corrected chi connectivity index (χ0v) is 13.6.